The minimum absolute atomic E-state index is 0.327. The van der Waals surface area contributed by atoms with E-state index in [0.29, 0.717) is 21.4 Å². The fraction of sp³-hybridized carbons (Fsp3) is 0.300. The minimum atomic E-state index is -1.04. The summed E-state index contributed by atoms with van der Waals surface area (Å²) in [6, 6.07) is 3.17. The van der Waals surface area contributed by atoms with Crippen molar-refractivity contribution in [3.8, 4) is 5.75 Å². The van der Waals surface area contributed by atoms with E-state index in [4.69, 9.17) is 33.0 Å². The number of carboxylic acids is 1. The van der Waals surface area contributed by atoms with Crippen molar-refractivity contribution in [2.45, 2.75) is 20.0 Å². The maximum atomic E-state index is 10.6. The molecule has 3 nitrogen and oxygen atoms in total. The highest BCUT2D eigenvalue weighted by Gasteiger charge is 2.15. The van der Waals surface area contributed by atoms with Crippen LogP contribution in [0.15, 0.2) is 12.1 Å². The van der Waals surface area contributed by atoms with Gasteiger partial charge >= 0.3 is 5.97 Å². The van der Waals surface area contributed by atoms with E-state index in [1.807, 2.05) is 0 Å². The Morgan fingerprint density at radius 3 is 2.60 bits per heavy atom. The molecule has 0 spiro atoms. The standard InChI is InChI=1S/C10H10Cl2O3/c1-5-7(11)3-4-8(9(5)12)15-6(2)10(13)14/h3-4,6H,1-2H3,(H,13,14)/t6-/m0/s1. The fourth-order valence-electron chi connectivity index (χ4n) is 0.969. The van der Waals surface area contributed by atoms with E-state index in [0.717, 1.165) is 0 Å². The topological polar surface area (TPSA) is 46.5 Å². The molecule has 82 valence electrons. The first-order valence-electron chi connectivity index (χ1n) is 4.27. The minimum Gasteiger partial charge on any atom is -0.479 e. The van der Waals surface area contributed by atoms with Crippen molar-refractivity contribution in [3.63, 3.8) is 0 Å². The number of ether oxygens (including phenoxy) is 1. The zero-order chi connectivity index (χ0) is 11.6. The molecule has 1 aromatic rings. The van der Waals surface area contributed by atoms with Crippen LogP contribution in [0.4, 0.5) is 0 Å². The van der Waals surface area contributed by atoms with Crippen LogP contribution in [0.25, 0.3) is 0 Å². The summed E-state index contributed by atoms with van der Waals surface area (Å²) in [5.74, 6) is -0.716. The van der Waals surface area contributed by atoms with Gasteiger partial charge in [-0.15, -0.1) is 0 Å². The monoisotopic (exact) mass is 248 g/mol. The number of carboxylic acid groups (broad SMARTS) is 1. The molecule has 0 saturated carbocycles. The largest absolute Gasteiger partial charge is 0.479 e. The van der Waals surface area contributed by atoms with Crippen LogP contribution in [0, 0.1) is 6.92 Å². The molecule has 0 aliphatic carbocycles. The van der Waals surface area contributed by atoms with E-state index in [1.54, 1.807) is 19.1 Å². The lowest BCUT2D eigenvalue weighted by atomic mass is 10.2. The van der Waals surface area contributed by atoms with Crippen LogP contribution in [0.2, 0.25) is 10.0 Å². The van der Waals surface area contributed by atoms with Gasteiger partial charge in [0.2, 0.25) is 0 Å². The van der Waals surface area contributed by atoms with Crippen LogP contribution in [0.5, 0.6) is 5.75 Å². The fourth-order valence-corrected chi connectivity index (χ4v) is 1.38. The summed E-state index contributed by atoms with van der Waals surface area (Å²) in [6.07, 6.45) is -0.942. The first kappa shape index (κ1) is 12.1. The summed E-state index contributed by atoms with van der Waals surface area (Å²) in [5, 5.41) is 9.53. The molecular formula is C10H10Cl2O3. The van der Waals surface area contributed by atoms with Gasteiger partial charge in [0, 0.05) is 5.02 Å². The first-order chi connectivity index (χ1) is 6.93. The highest BCUT2D eigenvalue weighted by molar-refractivity contribution is 6.36. The van der Waals surface area contributed by atoms with Gasteiger partial charge in [-0.3, -0.25) is 0 Å². The lowest BCUT2D eigenvalue weighted by molar-refractivity contribution is -0.144. The van der Waals surface area contributed by atoms with E-state index < -0.39 is 12.1 Å². The van der Waals surface area contributed by atoms with Gasteiger partial charge < -0.3 is 9.84 Å². The highest BCUT2D eigenvalue weighted by atomic mass is 35.5. The third-order valence-electron chi connectivity index (χ3n) is 1.94. The van der Waals surface area contributed by atoms with Crippen molar-refractivity contribution >= 4 is 29.2 Å². The van der Waals surface area contributed by atoms with Crippen molar-refractivity contribution in [2.24, 2.45) is 0 Å². The summed E-state index contributed by atoms with van der Waals surface area (Å²) in [7, 11) is 0. The van der Waals surface area contributed by atoms with Gasteiger partial charge in [0.1, 0.15) is 5.75 Å². The molecule has 1 atom stereocenters. The van der Waals surface area contributed by atoms with Gasteiger partial charge in [-0.05, 0) is 31.5 Å². The summed E-state index contributed by atoms with van der Waals surface area (Å²) in [5.41, 5.74) is 0.674. The third kappa shape index (κ3) is 2.76. The van der Waals surface area contributed by atoms with Crippen molar-refractivity contribution in [1.29, 1.82) is 0 Å². The molecule has 1 rings (SSSR count). The first-order valence-corrected chi connectivity index (χ1v) is 5.03. The molecule has 0 heterocycles. The van der Waals surface area contributed by atoms with Crippen LogP contribution in [-0.4, -0.2) is 17.2 Å². The number of halogens is 2. The molecule has 15 heavy (non-hydrogen) atoms. The molecule has 0 fully saturated rings. The second-order valence-electron chi connectivity index (χ2n) is 3.08. The summed E-state index contributed by atoms with van der Waals surface area (Å²) < 4.78 is 5.15. The predicted octanol–water partition coefficient (Wildman–Crippen LogP) is 3.15. The van der Waals surface area contributed by atoms with Gasteiger partial charge in [-0.2, -0.15) is 0 Å². The molecule has 0 radical (unpaired) electrons. The second kappa shape index (κ2) is 4.73. The van der Waals surface area contributed by atoms with E-state index in [9.17, 15) is 4.79 Å². The Balaban J connectivity index is 2.97. The molecule has 0 unspecified atom stereocenters. The molecule has 0 aliphatic rings. The number of hydrogen-bond acceptors (Lipinski definition) is 2. The molecule has 0 amide bonds. The maximum Gasteiger partial charge on any atom is 0.344 e. The smallest absolute Gasteiger partial charge is 0.344 e. The number of hydrogen-bond donors (Lipinski definition) is 1. The van der Waals surface area contributed by atoms with Gasteiger partial charge in [0.05, 0.1) is 5.02 Å². The zero-order valence-corrected chi connectivity index (χ0v) is 9.76. The molecule has 0 bridgehead atoms. The Morgan fingerprint density at radius 1 is 1.47 bits per heavy atom. The van der Waals surface area contributed by atoms with Crippen LogP contribution < -0.4 is 4.74 Å². The van der Waals surface area contributed by atoms with Crippen LogP contribution in [-0.2, 0) is 4.79 Å². The lowest BCUT2D eigenvalue weighted by Gasteiger charge is -2.13. The zero-order valence-electron chi connectivity index (χ0n) is 8.25. The van der Waals surface area contributed by atoms with Crippen LogP contribution in [0.1, 0.15) is 12.5 Å². The van der Waals surface area contributed by atoms with Gasteiger partial charge in [-0.25, -0.2) is 4.79 Å². The average molecular weight is 249 g/mol. The Labute approximate surface area is 97.6 Å². The van der Waals surface area contributed by atoms with Gasteiger partial charge in [-0.1, -0.05) is 23.2 Å². The van der Waals surface area contributed by atoms with Gasteiger partial charge in [0.15, 0.2) is 6.10 Å². The summed E-state index contributed by atoms with van der Waals surface area (Å²) >= 11 is 11.8. The van der Waals surface area contributed by atoms with Crippen molar-refractivity contribution in [2.75, 3.05) is 0 Å². The molecule has 1 N–H and O–H groups in total. The van der Waals surface area contributed by atoms with E-state index in [2.05, 4.69) is 0 Å². The lowest BCUT2D eigenvalue weighted by Crippen LogP contribution is -2.23. The predicted molar refractivity (Wildman–Crippen MR) is 58.9 cm³/mol. The van der Waals surface area contributed by atoms with E-state index in [-0.39, 0.29) is 0 Å². The molecule has 5 heteroatoms. The second-order valence-corrected chi connectivity index (χ2v) is 3.87. The van der Waals surface area contributed by atoms with Crippen LogP contribution in [0.3, 0.4) is 0 Å². The van der Waals surface area contributed by atoms with E-state index in [1.165, 1.54) is 6.92 Å². The molecule has 1 aromatic carbocycles. The normalized spacial score (nSPS) is 12.3. The molecule has 0 aliphatic heterocycles. The Bertz CT molecular complexity index is 390. The SMILES string of the molecule is Cc1c(Cl)ccc(O[C@@H](C)C(=O)O)c1Cl. The number of rotatable bonds is 3. The van der Waals surface area contributed by atoms with E-state index >= 15 is 0 Å². The number of carbonyl (C=O) groups is 1. The van der Waals surface area contributed by atoms with Crippen molar-refractivity contribution < 1.29 is 14.6 Å². The Hall–Kier alpha value is -0.930. The molecule has 0 saturated heterocycles. The molecule has 0 aromatic heterocycles. The maximum absolute atomic E-state index is 10.6. The third-order valence-corrected chi connectivity index (χ3v) is 2.82. The Morgan fingerprint density at radius 2 is 2.07 bits per heavy atom. The summed E-state index contributed by atoms with van der Waals surface area (Å²) in [6.45, 7) is 3.17. The Kier molecular flexibility index (Phi) is 3.83. The van der Waals surface area contributed by atoms with Crippen molar-refractivity contribution in [1.82, 2.24) is 0 Å². The average Bonchev–Trinajstić information content (AvgIpc) is 2.18. The van der Waals surface area contributed by atoms with Gasteiger partial charge in [0.25, 0.3) is 0 Å². The van der Waals surface area contributed by atoms with Crippen molar-refractivity contribution in [3.05, 3.63) is 27.7 Å². The highest BCUT2D eigenvalue weighted by Crippen LogP contribution is 2.33. The number of benzene rings is 1. The summed E-state index contributed by atoms with van der Waals surface area (Å²) in [4.78, 5) is 10.6. The number of aliphatic carboxylic acids is 1. The van der Waals surface area contributed by atoms with Crippen LogP contribution >= 0.6 is 23.2 Å². The quantitative estimate of drug-likeness (QED) is 0.894. The molecular weight excluding hydrogens is 239 g/mol.